The molecule has 1 aliphatic heterocycles. The molecule has 0 aromatic heterocycles. The Bertz CT molecular complexity index is 1090. The summed E-state index contributed by atoms with van der Waals surface area (Å²) in [6.45, 7) is 10.3. The number of methoxy groups -OCH3 is 1. The standard InChI is InChI=1S/C31H44N2O6/c1-7-9-17-39-31(4,29(34)37-8-2)20-25-12-15-28(19-23(25)3)38-18-16-26-22-33(30(35)32(26)5)21-24-10-13-27(36-6)14-11-24/h10-15,19,26H,7-9,16-18,20-22H2,1-6H3/t26-,31+/m1/s1. The zero-order valence-electron chi connectivity index (χ0n) is 24.3. The summed E-state index contributed by atoms with van der Waals surface area (Å²) in [5.74, 6) is 1.23. The number of unbranched alkanes of at least 4 members (excludes halogenated alkanes) is 1. The number of aryl methyl sites for hydroxylation is 1. The van der Waals surface area contributed by atoms with Gasteiger partial charge < -0.3 is 28.7 Å². The van der Waals surface area contributed by atoms with Crippen molar-refractivity contribution in [2.45, 2.75) is 71.6 Å². The molecule has 39 heavy (non-hydrogen) atoms. The van der Waals surface area contributed by atoms with E-state index < -0.39 is 5.60 Å². The van der Waals surface area contributed by atoms with E-state index in [4.69, 9.17) is 18.9 Å². The predicted molar refractivity (Wildman–Crippen MR) is 151 cm³/mol. The van der Waals surface area contributed by atoms with Gasteiger partial charge in [-0.1, -0.05) is 31.5 Å². The van der Waals surface area contributed by atoms with Gasteiger partial charge in [-0.2, -0.15) is 0 Å². The molecule has 0 spiro atoms. The third kappa shape index (κ3) is 8.12. The Balaban J connectivity index is 1.54. The maximum Gasteiger partial charge on any atom is 0.338 e. The molecule has 0 radical (unpaired) electrons. The molecule has 0 N–H and O–H groups in total. The van der Waals surface area contributed by atoms with E-state index in [1.807, 2.05) is 68.3 Å². The van der Waals surface area contributed by atoms with Gasteiger partial charge in [0, 0.05) is 39.6 Å². The van der Waals surface area contributed by atoms with Crippen molar-refractivity contribution >= 4 is 12.0 Å². The number of rotatable bonds is 15. The molecule has 8 heteroatoms. The summed E-state index contributed by atoms with van der Waals surface area (Å²) >= 11 is 0. The van der Waals surface area contributed by atoms with Crippen molar-refractivity contribution in [3.8, 4) is 11.5 Å². The molecule has 2 amide bonds. The Labute approximate surface area is 233 Å². The van der Waals surface area contributed by atoms with Crippen molar-refractivity contribution in [1.82, 2.24) is 9.80 Å². The topological polar surface area (TPSA) is 77.5 Å². The molecule has 2 aromatic carbocycles. The van der Waals surface area contributed by atoms with Crippen molar-refractivity contribution in [2.75, 3.05) is 40.5 Å². The van der Waals surface area contributed by atoms with E-state index in [1.54, 1.807) is 18.9 Å². The van der Waals surface area contributed by atoms with Crippen LogP contribution in [0.3, 0.4) is 0 Å². The first-order valence-electron chi connectivity index (χ1n) is 13.9. The number of carbonyl (C=O) groups is 2. The van der Waals surface area contributed by atoms with Gasteiger partial charge in [-0.25, -0.2) is 9.59 Å². The van der Waals surface area contributed by atoms with Crippen LogP contribution in [0.2, 0.25) is 0 Å². The van der Waals surface area contributed by atoms with Gasteiger partial charge in [0.1, 0.15) is 11.5 Å². The van der Waals surface area contributed by atoms with E-state index in [0.717, 1.165) is 47.5 Å². The molecule has 0 saturated carbocycles. The Morgan fingerprint density at radius 1 is 1.08 bits per heavy atom. The minimum absolute atomic E-state index is 0.0295. The lowest BCUT2D eigenvalue weighted by atomic mass is 9.93. The van der Waals surface area contributed by atoms with Gasteiger partial charge >= 0.3 is 12.0 Å². The molecule has 0 bridgehead atoms. The van der Waals surface area contributed by atoms with E-state index in [1.165, 1.54) is 0 Å². The summed E-state index contributed by atoms with van der Waals surface area (Å²) in [6, 6.07) is 13.8. The normalized spacial score (nSPS) is 16.8. The molecule has 1 saturated heterocycles. The van der Waals surface area contributed by atoms with Crippen molar-refractivity contribution < 1.29 is 28.5 Å². The number of benzene rings is 2. The summed E-state index contributed by atoms with van der Waals surface area (Å²) in [6.07, 6.45) is 3.05. The molecule has 2 atom stereocenters. The molecule has 214 valence electrons. The summed E-state index contributed by atoms with van der Waals surface area (Å²) in [4.78, 5) is 29.2. The number of hydrogen-bond donors (Lipinski definition) is 0. The van der Waals surface area contributed by atoms with Gasteiger partial charge in [-0.15, -0.1) is 0 Å². The molecule has 3 rings (SSSR count). The molecular weight excluding hydrogens is 496 g/mol. The lowest BCUT2D eigenvalue weighted by Crippen LogP contribution is -2.42. The fraction of sp³-hybridized carbons (Fsp3) is 0.548. The third-order valence-corrected chi connectivity index (χ3v) is 7.27. The highest BCUT2D eigenvalue weighted by Gasteiger charge is 2.37. The Kier molecular flexibility index (Phi) is 11.0. The number of amides is 2. The van der Waals surface area contributed by atoms with E-state index in [-0.39, 0.29) is 18.0 Å². The van der Waals surface area contributed by atoms with Crippen LogP contribution in [0.1, 0.15) is 56.7 Å². The average molecular weight is 541 g/mol. The summed E-state index contributed by atoms with van der Waals surface area (Å²) in [5, 5.41) is 0. The molecule has 8 nitrogen and oxygen atoms in total. The second-order valence-electron chi connectivity index (χ2n) is 10.3. The third-order valence-electron chi connectivity index (χ3n) is 7.27. The first kappa shape index (κ1) is 30.3. The van der Waals surface area contributed by atoms with E-state index >= 15 is 0 Å². The van der Waals surface area contributed by atoms with Gasteiger partial charge in [-0.3, -0.25) is 0 Å². The summed E-state index contributed by atoms with van der Waals surface area (Å²) < 4.78 is 22.6. The van der Waals surface area contributed by atoms with Crippen LogP contribution in [0.5, 0.6) is 11.5 Å². The Hall–Kier alpha value is -3.26. The second-order valence-corrected chi connectivity index (χ2v) is 10.3. The number of hydrogen-bond acceptors (Lipinski definition) is 6. The number of carbonyl (C=O) groups excluding carboxylic acids is 2. The highest BCUT2D eigenvalue weighted by molar-refractivity contribution is 5.79. The Morgan fingerprint density at radius 3 is 2.44 bits per heavy atom. The van der Waals surface area contributed by atoms with Crippen LogP contribution in [-0.2, 0) is 27.2 Å². The maximum atomic E-state index is 12.8. The highest BCUT2D eigenvalue weighted by atomic mass is 16.6. The van der Waals surface area contributed by atoms with Gasteiger partial charge in [0.05, 0.1) is 26.4 Å². The number of esters is 1. The minimum atomic E-state index is -1.03. The van der Waals surface area contributed by atoms with E-state index in [2.05, 4.69) is 6.92 Å². The summed E-state index contributed by atoms with van der Waals surface area (Å²) in [5.41, 5.74) is 2.08. The van der Waals surface area contributed by atoms with Crippen molar-refractivity contribution in [2.24, 2.45) is 0 Å². The second kappa shape index (κ2) is 14.2. The lowest BCUT2D eigenvalue weighted by molar-refractivity contribution is -0.170. The van der Waals surface area contributed by atoms with E-state index in [0.29, 0.717) is 39.3 Å². The molecule has 0 unspecified atom stereocenters. The number of nitrogens with zero attached hydrogens (tertiary/aromatic N) is 2. The predicted octanol–water partition coefficient (Wildman–Crippen LogP) is 5.39. The largest absolute Gasteiger partial charge is 0.497 e. The SMILES string of the molecule is CCCCO[C@@](C)(Cc1ccc(OCC[C@@H]2CN(Cc3ccc(OC)cc3)C(=O)N2C)cc1C)C(=O)OCC. The molecule has 0 aliphatic carbocycles. The van der Waals surface area contributed by atoms with Crippen LogP contribution in [0.25, 0.3) is 0 Å². The van der Waals surface area contributed by atoms with Crippen LogP contribution in [0.15, 0.2) is 42.5 Å². The fourth-order valence-corrected chi connectivity index (χ4v) is 4.74. The van der Waals surface area contributed by atoms with Crippen molar-refractivity contribution in [1.29, 1.82) is 0 Å². The van der Waals surface area contributed by atoms with Crippen LogP contribution in [0.4, 0.5) is 4.79 Å². The fourth-order valence-electron chi connectivity index (χ4n) is 4.74. The van der Waals surface area contributed by atoms with Crippen LogP contribution in [-0.4, -0.2) is 74.0 Å². The number of urea groups is 1. The zero-order valence-corrected chi connectivity index (χ0v) is 24.3. The number of ether oxygens (including phenoxy) is 4. The molecule has 2 aromatic rings. The highest BCUT2D eigenvalue weighted by Crippen LogP contribution is 2.26. The first-order chi connectivity index (χ1) is 18.7. The lowest BCUT2D eigenvalue weighted by Gasteiger charge is -2.28. The van der Waals surface area contributed by atoms with E-state index in [9.17, 15) is 9.59 Å². The Morgan fingerprint density at radius 2 is 1.79 bits per heavy atom. The van der Waals surface area contributed by atoms with Crippen LogP contribution in [0, 0.1) is 6.92 Å². The quantitative estimate of drug-likeness (QED) is 0.223. The smallest absolute Gasteiger partial charge is 0.338 e. The summed E-state index contributed by atoms with van der Waals surface area (Å²) in [7, 11) is 3.49. The zero-order chi connectivity index (χ0) is 28.4. The van der Waals surface area contributed by atoms with Gasteiger partial charge in [0.15, 0.2) is 5.60 Å². The number of likely N-dealkylation sites (N-methyl/N-ethyl adjacent to an activating group) is 1. The van der Waals surface area contributed by atoms with Gasteiger partial charge in [0.2, 0.25) is 0 Å². The van der Waals surface area contributed by atoms with Crippen LogP contribution >= 0.6 is 0 Å². The van der Waals surface area contributed by atoms with Gasteiger partial charge in [-0.05, 0) is 68.1 Å². The molecule has 1 aliphatic rings. The first-order valence-corrected chi connectivity index (χ1v) is 13.9. The molecule has 1 fully saturated rings. The maximum absolute atomic E-state index is 12.8. The van der Waals surface area contributed by atoms with Crippen molar-refractivity contribution in [3.63, 3.8) is 0 Å². The van der Waals surface area contributed by atoms with Crippen molar-refractivity contribution in [3.05, 3.63) is 59.2 Å². The monoisotopic (exact) mass is 540 g/mol. The molecule has 1 heterocycles. The van der Waals surface area contributed by atoms with Gasteiger partial charge in [0.25, 0.3) is 0 Å². The average Bonchev–Trinajstić information content (AvgIpc) is 3.18. The van der Waals surface area contributed by atoms with Crippen LogP contribution < -0.4 is 9.47 Å². The molecular formula is C31H44N2O6. The minimum Gasteiger partial charge on any atom is -0.497 e.